The third-order valence-electron chi connectivity index (χ3n) is 5.18. The van der Waals surface area contributed by atoms with Crippen molar-refractivity contribution < 1.29 is 9.59 Å². The van der Waals surface area contributed by atoms with Crippen molar-refractivity contribution in [3.8, 4) is 10.6 Å². The fourth-order valence-corrected chi connectivity index (χ4v) is 4.53. The van der Waals surface area contributed by atoms with Crippen LogP contribution in [0.3, 0.4) is 0 Å². The summed E-state index contributed by atoms with van der Waals surface area (Å²) in [7, 11) is 0. The van der Waals surface area contributed by atoms with E-state index in [2.05, 4.69) is 20.2 Å². The van der Waals surface area contributed by atoms with Crippen LogP contribution >= 0.6 is 11.3 Å². The van der Waals surface area contributed by atoms with Crippen molar-refractivity contribution in [2.24, 2.45) is 11.7 Å². The monoisotopic (exact) mass is 421 g/mol. The summed E-state index contributed by atoms with van der Waals surface area (Å²) >= 11 is 1.37. The number of hydrogen-bond donors (Lipinski definition) is 2. The molecule has 7 nitrogen and oxygen atoms in total. The Balaban J connectivity index is 1.44. The molecule has 1 unspecified atom stereocenters. The zero-order chi connectivity index (χ0) is 21.1. The summed E-state index contributed by atoms with van der Waals surface area (Å²) < 4.78 is 0. The van der Waals surface area contributed by atoms with Gasteiger partial charge >= 0.3 is 0 Å². The van der Waals surface area contributed by atoms with Gasteiger partial charge < -0.3 is 16.0 Å². The van der Waals surface area contributed by atoms with Crippen molar-refractivity contribution in [3.05, 3.63) is 59.2 Å². The van der Waals surface area contributed by atoms with E-state index in [-0.39, 0.29) is 17.7 Å². The molecule has 1 atom stereocenters. The summed E-state index contributed by atoms with van der Waals surface area (Å²) in [6, 6.07) is 13.5. The van der Waals surface area contributed by atoms with Gasteiger partial charge in [-0.3, -0.25) is 9.59 Å². The summed E-state index contributed by atoms with van der Waals surface area (Å²) in [4.78, 5) is 35.9. The molecule has 1 aliphatic rings. The molecule has 4 rings (SSSR count). The Labute approximate surface area is 179 Å². The molecular weight excluding hydrogens is 398 g/mol. The first-order chi connectivity index (χ1) is 14.5. The number of pyridine rings is 1. The number of thiazole rings is 1. The van der Waals surface area contributed by atoms with Crippen LogP contribution in [0.4, 0.5) is 11.5 Å². The number of benzene rings is 1. The van der Waals surface area contributed by atoms with Crippen LogP contribution in [0, 0.1) is 12.8 Å². The number of nitrogens with zero attached hydrogens (tertiary/aromatic N) is 3. The molecule has 8 heteroatoms. The second kappa shape index (κ2) is 8.62. The molecule has 0 spiro atoms. The van der Waals surface area contributed by atoms with Crippen LogP contribution in [0.1, 0.15) is 28.2 Å². The number of nitrogens with two attached hydrogens (primary N) is 1. The van der Waals surface area contributed by atoms with E-state index in [1.807, 2.05) is 49.4 Å². The van der Waals surface area contributed by atoms with Crippen molar-refractivity contribution in [2.75, 3.05) is 23.3 Å². The van der Waals surface area contributed by atoms with Gasteiger partial charge in [0, 0.05) is 18.7 Å². The zero-order valence-corrected chi connectivity index (χ0v) is 17.5. The smallest absolute Gasteiger partial charge is 0.267 e. The molecule has 30 heavy (non-hydrogen) atoms. The van der Waals surface area contributed by atoms with Crippen LogP contribution in [-0.4, -0.2) is 34.9 Å². The summed E-state index contributed by atoms with van der Waals surface area (Å²) in [5.41, 5.74) is 7.76. The Kier molecular flexibility index (Phi) is 5.76. The molecule has 1 saturated heterocycles. The van der Waals surface area contributed by atoms with E-state index in [1.165, 1.54) is 11.3 Å². The van der Waals surface area contributed by atoms with Gasteiger partial charge in [-0.25, -0.2) is 9.97 Å². The lowest BCUT2D eigenvalue weighted by Gasteiger charge is -2.32. The number of anilines is 2. The Bertz CT molecular complexity index is 1050. The molecule has 3 heterocycles. The first-order valence-electron chi connectivity index (χ1n) is 9.86. The Morgan fingerprint density at radius 3 is 2.70 bits per heavy atom. The van der Waals surface area contributed by atoms with E-state index in [0.29, 0.717) is 22.8 Å². The second-order valence-corrected chi connectivity index (χ2v) is 8.35. The first-order valence-corrected chi connectivity index (χ1v) is 10.7. The number of primary amides is 1. The molecule has 0 radical (unpaired) electrons. The number of nitrogens with one attached hydrogen (secondary N) is 1. The number of aryl methyl sites for hydroxylation is 1. The minimum atomic E-state index is -0.265. The van der Waals surface area contributed by atoms with Crippen molar-refractivity contribution in [1.82, 2.24) is 9.97 Å². The molecule has 3 N–H and O–H groups in total. The van der Waals surface area contributed by atoms with Crippen molar-refractivity contribution in [2.45, 2.75) is 19.8 Å². The number of aromatic nitrogens is 2. The van der Waals surface area contributed by atoms with Crippen LogP contribution in [-0.2, 0) is 4.79 Å². The standard InChI is InChI=1S/C22H23N5O2S/c1-14-19(30-22(25-14)15-6-3-2-4-7-15)21(29)26-17-9-10-18(24-12-17)27-11-5-8-16(13-27)20(23)28/h2-4,6-7,9-10,12,16H,5,8,11,13H2,1H3,(H2,23,28)(H,26,29). The van der Waals surface area contributed by atoms with Gasteiger partial charge in [0.1, 0.15) is 15.7 Å². The van der Waals surface area contributed by atoms with Crippen molar-refractivity contribution >= 4 is 34.7 Å². The maximum atomic E-state index is 12.8. The zero-order valence-electron chi connectivity index (χ0n) is 16.7. The topological polar surface area (TPSA) is 101 Å². The van der Waals surface area contributed by atoms with E-state index in [4.69, 9.17) is 5.73 Å². The van der Waals surface area contributed by atoms with Crippen molar-refractivity contribution in [1.29, 1.82) is 0 Å². The average molecular weight is 422 g/mol. The Hall–Kier alpha value is -3.26. The maximum absolute atomic E-state index is 12.8. The second-order valence-electron chi connectivity index (χ2n) is 7.35. The first kappa shape index (κ1) is 20.0. The third kappa shape index (κ3) is 4.33. The van der Waals surface area contributed by atoms with Crippen LogP contribution in [0.5, 0.6) is 0 Å². The van der Waals surface area contributed by atoms with Crippen LogP contribution in [0.25, 0.3) is 10.6 Å². The minimum Gasteiger partial charge on any atom is -0.369 e. The van der Waals surface area contributed by atoms with Gasteiger partial charge in [0.05, 0.1) is 23.5 Å². The summed E-state index contributed by atoms with van der Waals surface area (Å²) in [5, 5.41) is 3.72. The van der Waals surface area contributed by atoms with E-state index in [1.54, 1.807) is 6.20 Å². The number of hydrogen-bond acceptors (Lipinski definition) is 6. The summed E-state index contributed by atoms with van der Waals surface area (Å²) in [6.07, 6.45) is 3.36. The fourth-order valence-electron chi connectivity index (χ4n) is 3.56. The molecule has 0 bridgehead atoms. The highest BCUT2D eigenvalue weighted by molar-refractivity contribution is 7.17. The molecule has 2 amide bonds. The lowest BCUT2D eigenvalue weighted by molar-refractivity contribution is -0.122. The maximum Gasteiger partial charge on any atom is 0.267 e. The lowest BCUT2D eigenvalue weighted by atomic mass is 9.97. The van der Waals surface area contributed by atoms with Gasteiger partial charge in [0.15, 0.2) is 0 Å². The Morgan fingerprint density at radius 2 is 2.00 bits per heavy atom. The molecule has 0 aliphatic carbocycles. The Morgan fingerprint density at radius 1 is 1.20 bits per heavy atom. The fraction of sp³-hybridized carbons (Fsp3) is 0.273. The average Bonchev–Trinajstić information content (AvgIpc) is 3.17. The highest BCUT2D eigenvalue weighted by Crippen LogP contribution is 2.28. The summed E-state index contributed by atoms with van der Waals surface area (Å²) in [6.45, 7) is 3.26. The lowest BCUT2D eigenvalue weighted by Crippen LogP contribution is -2.41. The van der Waals surface area contributed by atoms with Gasteiger partial charge in [-0.15, -0.1) is 11.3 Å². The predicted octanol–water partition coefficient (Wildman–Crippen LogP) is 3.47. The highest BCUT2D eigenvalue weighted by atomic mass is 32.1. The van der Waals surface area contributed by atoms with E-state index in [9.17, 15) is 9.59 Å². The third-order valence-corrected chi connectivity index (χ3v) is 6.38. The van der Waals surface area contributed by atoms with Gasteiger partial charge in [-0.05, 0) is 31.9 Å². The highest BCUT2D eigenvalue weighted by Gasteiger charge is 2.24. The number of rotatable bonds is 5. The van der Waals surface area contributed by atoms with Gasteiger partial charge in [-0.1, -0.05) is 30.3 Å². The molecule has 1 fully saturated rings. The van der Waals surface area contributed by atoms with E-state index < -0.39 is 0 Å². The van der Waals surface area contributed by atoms with Crippen LogP contribution in [0.15, 0.2) is 48.7 Å². The molecular formula is C22H23N5O2S. The quantitative estimate of drug-likeness (QED) is 0.657. The molecule has 154 valence electrons. The summed E-state index contributed by atoms with van der Waals surface area (Å²) in [5.74, 6) is 0.166. The number of amides is 2. The predicted molar refractivity (Wildman–Crippen MR) is 119 cm³/mol. The largest absolute Gasteiger partial charge is 0.369 e. The molecule has 0 saturated carbocycles. The molecule has 1 aliphatic heterocycles. The van der Waals surface area contributed by atoms with E-state index in [0.717, 1.165) is 35.8 Å². The minimum absolute atomic E-state index is 0.145. The number of piperidine rings is 1. The van der Waals surface area contributed by atoms with Crippen LogP contribution in [0.2, 0.25) is 0 Å². The SMILES string of the molecule is Cc1nc(-c2ccccc2)sc1C(=O)Nc1ccc(N2CCCC(C(N)=O)C2)nc1. The van der Waals surface area contributed by atoms with E-state index >= 15 is 0 Å². The normalized spacial score (nSPS) is 16.3. The van der Waals surface area contributed by atoms with Crippen LogP contribution < -0.4 is 16.0 Å². The molecule has 3 aromatic rings. The molecule has 1 aromatic carbocycles. The number of carbonyl (C=O) groups is 2. The van der Waals surface area contributed by atoms with Crippen molar-refractivity contribution in [3.63, 3.8) is 0 Å². The van der Waals surface area contributed by atoms with Gasteiger partial charge in [-0.2, -0.15) is 0 Å². The number of carbonyl (C=O) groups excluding carboxylic acids is 2. The molecule has 2 aromatic heterocycles. The van der Waals surface area contributed by atoms with Gasteiger partial charge in [0.2, 0.25) is 5.91 Å². The van der Waals surface area contributed by atoms with Gasteiger partial charge in [0.25, 0.3) is 5.91 Å².